The van der Waals surface area contributed by atoms with Crippen molar-refractivity contribution < 1.29 is 19.5 Å². The third kappa shape index (κ3) is 3.34. The van der Waals surface area contributed by atoms with Crippen LogP contribution in [0.15, 0.2) is 30.3 Å². The highest BCUT2D eigenvalue weighted by Crippen LogP contribution is 2.31. The Hall–Kier alpha value is -1.63. The molecule has 0 spiro atoms. The van der Waals surface area contributed by atoms with Crippen molar-refractivity contribution in [2.45, 2.75) is 31.6 Å². The lowest BCUT2D eigenvalue weighted by Gasteiger charge is -2.34. The first-order valence-corrected chi connectivity index (χ1v) is 6.86. The van der Waals surface area contributed by atoms with E-state index in [1.165, 1.54) is 12.0 Å². The number of carbonyl (C=O) groups excluding carboxylic acids is 1. The van der Waals surface area contributed by atoms with Gasteiger partial charge in [-0.1, -0.05) is 30.3 Å². The zero-order chi connectivity index (χ0) is 15.5. The van der Waals surface area contributed by atoms with Gasteiger partial charge in [-0.25, -0.2) is 4.79 Å². The van der Waals surface area contributed by atoms with Crippen molar-refractivity contribution in [3.8, 4) is 0 Å². The zero-order valence-electron chi connectivity index (χ0n) is 12.6. The predicted octanol–water partition coefficient (Wildman–Crippen LogP) is 1.30. The zero-order valence-corrected chi connectivity index (χ0v) is 12.6. The summed E-state index contributed by atoms with van der Waals surface area (Å²) in [6.45, 7) is 4.19. The molecule has 1 aromatic rings. The molecular weight excluding hydrogens is 272 g/mol. The van der Waals surface area contributed by atoms with Crippen molar-refractivity contribution in [3.05, 3.63) is 35.9 Å². The normalized spacial score (nSPS) is 28.7. The van der Waals surface area contributed by atoms with Crippen LogP contribution >= 0.6 is 0 Å². The molecule has 6 heteroatoms. The molecule has 0 aliphatic carbocycles. The summed E-state index contributed by atoms with van der Waals surface area (Å²) in [5.74, 6) is 0. The largest absolute Gasteiger partial charge is 0.445 e. The van der Waals surface area contributed by atoms with Gasteiger partial charge < -0.3 is 19.6 Å². The second-order valence-corrected chi connectivity index (χ2v) is 5.81. The minimum Gasteiger partial charge on any atom is -0.445 e. The number of hydroxylamine groups is 1. The van der Waals surface area contributed by atoms with Crippen molar-refractivity contribution in [2.75, 3.05) is 20.2 Å². The third-order valence-electron chi connectivity index (χ3n) is 3.99. The number of carbonyl (C=O) groups is 1. The van der Waals surface area contributed by atoms with E-state index in [0.717, 1.165) is 5.56 Å². The molecule has 6 nitrogen and oxygen atoms in total. The van der Waals surface area contributed by atoms with Gasteiger partial charge >= 0.3 is 6.09 Å². The molecule has 1 heterocycles. The summed E-state index contributed by atoms with van der Waals surface area (Å²) in [4.78, 5) is 18.5. The maximum absolute atomic E-state index is 12.1. The van der Waals surface area contributed by atoms with Gasteiger partial charge in [0.25, 0.3) is 0 Å². The molecule has 2 rings (SSSR count). The first-order valence-electron chi connectivity index (χ1n) is 6.86. The van der Waals surface area contributed by atoms with E-state index in [-0.39, 0.29) is 13.2 Å². The van der Waals surface area contributed by atoms with E-state index in [1.807, 2.05) is 30.3 Å². The number of likely N-dealkylation sites (tertiary alicyclic amines) is 1. The van der Waals surface area contributed by atoms with E-state index in [1.54, 1.807) is 13.8 Å². The number of benzene rings is 1. The molecule has 1 aliphatic rings. The van der Waals surface area contributed by atoms with Crippen LogP contribution in [-0.2, 0) is 16.2 Å². The molecule has 0 unspecified atom stereocenters. The molecule has 1 saturated heterocycles. The van der Waals surface area contributed by atoms with Crippen LogP contribution in [-0.4, -0.2) is 47.4 Å². The Bertz CT molecular complexity index is 492. The lowest BCUT2D eigenvalue weighted by atomic mass is 9.87. The Labute approximate surface area is 124 Å². The molecule has 116 valence electrons. The maximum atomic E-state index is 12.1. The number of hydrogen-bond acceptors (Lipinski definition) is 5. The third-order valence-corrected chi connectivity index (χ3v) is 3.99. The van der Waals surface area contributed by atoms with Crippen molar-refractivity contribution in [1.29, 1.82) is 0 Å². The van der Waals surface area contributed by atoms with Crippen LogP contribution in [0.2, 0.25) is 0 Å². The topological polar surface area (TPSA) is 71.0 Å². The lowest BCUT2D eigenvalue weighted by Crippen LogP contribution is -2.58. The lowest BCUT2D eigenvalue weighted by molar-refractivity contribution is -0.0708. The highest BCUT2D eigenvalue weighted by molar-refractivity contribution is 5.68. The minimum atomic E-state index is -1.10. The SMILES string of the molecule is CON[C@]1(C)CN(C(=O)OCc2ccccc2)C[C@@]1(C)O. The summed E-state index contributed by atoms with van der Waals surface area (Å²) >= 11 is 0. The summed E-state index contributed by atoms with van der Waals surface area (Å²) in [6, 6.07) is 9.48. The fourth-order valence-corrected chi connectivity index (χ4v) is 2.46. The Morgan fingerprint density at radius 1 is 1.33 bits per heavy atom. The van der Waals surface area contributed by atoms with Crippen LogP contribution in [0.1, 0.15) is 19.4 Å². The fourth-order valence-electron chi connectivity index (χ4n) is 2.46. The van der Waals surface area contributed by atoms with Gasteiger partial charge in [0.15, 0.2) is 0 Å². The Kier molecular flexibility index (Phi) is 4.51. The number of β-amino-alcohol motifs (C(OH)–C–C–N with tert-alkyl or cyclic N) is 1. The van der Waals surface area contributed by atoms with E-state index < -0.39 is 17.2 Å². The summed E-state index contributed by atoms with van der Waals surface area (Å²) in [5.41, 5.74) is 1.85. The summed E-state index contributed by atoms with van der Waals surface area (Å²) in [5, 5.41) is 10.5. The summed E-state index contributed by atoms with van der Waals surface area (Å²) in [6.07, 6.45) is -0.444. The summed E-state index contributed by atoms with van der Waals surface area (Å²) < 4.78 is 5.28. The van der Waals surface area contributed by atoms with Gasteiger partial charge in [-0.2, -0.15) is 5.48 Å². The van der Waals surface area contributed by atoms with Crippen LogP contribution in [0.4, 0.5) is 4.79 Å². The number of rotatable bonds is 4. The summed E-state index contributed by atoms with van der Waals surface area (Å²) in [7, 11) is 1.48. The van der Waals surface area contributed by atoms with Crippen LogP contribution in [0.3, 0.4) is 0 Å². The molecule has 1 amide bonds. The average Bonchev–Trinajstić information content (AvgIpc) is 2.68. The van der Waals surface area contributed by atoms with Gasteiger partial charge in [0.1, 0.15) is 12.2 Å². The van der Waals surface area contributed by atoms with Crippen molar-refractivity contribution in [3.63, 3.8) is 0 Å². The van der Waals surface area contributed by atoms with Gasteiger partial charge in [0.05, 0.1) is 19.2 Å². The number of amides is 1. The van der Waals surface area contributed by atoms with Gasteiger partial charge in [-0.3, -0.25) is 0 Å². The fraction of sp³-hybridized carbons (Fsp3) is 0.533. The molecule has 0 radical (unpaired) electrons. The van der Waals surface area contributed by atoms with Gasteiger partial charge in [0, 0.05) is 6.54 Å². The predicted molar refractivity (Wildman–Crippen MR) is 77.4 cm³/mol. The van der Waals surface area contributed by atoms with E-state index in [9.17, 15) is 9.90 Å². The molecule has 2 N–H and O–H groups in total. The van der Waals surface area contributed by atoms with E-state index in [2.05, 4.69) is 5.48 Å². The number of ether oxygens (including phenoxy) is 1. The maximum Gasteiger partial charge on any atom is 0.410 e. The molecule has 1 aromatic carbocycles. The average molecular weight is 294 g/mol. The van der Waals surface area contributed by atoms with Gasteiger partial charge in [-0.15, -0.1) is 0 Å². The van der Waals surface area contributed by atoms with Crippen LogP contribution < -0.4 is 5.48 Å². The first-order chi connectivity index (χ1) is 9.88. The number of aliphatic hydroxyl groups is 1. The van der Waals surface area contributed by atoms with Crippen molar-refractivity contribution in [2.24, 2.45) is 0 Å². The van der Waals surface area contributed by atoms with Crippen molar-refractivity contribution >= 4 is 6.09 Å². The molecule has 0 bridgehead atoms. The molecule has 1 fully saturated rings. The Morgan fingerprint density at radius 2 is 2.00 bits per heavy atom. The van der Waals surface area contributed by atoms with E-state index in [4.69, 9.17) is 9.57 Å². The number of hydrogen-bond donors (Lipinski definition) is 2. The van der Waals surface area contributed by atoms with Crippen molar-refractivity contribution in [1.82, 2.24) is 10.4 Å². The molecule has 1 aliphatic heterocycles. The number of nitrogens with one attached hydrogen (secondary N) is 1. The van der Waals surface area contributed by atoms with Crippen LogP contribution in [0, 0.1) is 0 Å². The first kappa shape index (κ1) is 15.8. The standard InChI is InChI=1S/C15H22N2O4/c1-14(16-20-3)10-17(11-15(14,2)19)13(18)21-9-12-7-5-4-6-8-12/h4-8,16,19H,9-11H2,1-3H3/t14-,15-/m1/s1. The smallest absolute Gasteiger partial charge is 0.410 e. The second-order valence-electron chi connectivity index (χ2n) is 5.81. The van der Waals surface area contributed by atoms with Gasteiger partial charge in [-0.05, 0) is 19.4 Å². The Balaban J connectivity index is 1.95. The molecule has 0 saturated carbocycles. The molecule has 2 atom stereocenters. The molecular formula is C15H22N2O4. The van der Waals surface area contributed by atoms with Gasteiger partial charge in [0.2, 0.25) is 0 Å². The monoisotopic (exact) mass is 294 g/mol. The van der Waals surface area contributed by atoms with E-state index in [0.29, 0.717) is 6.54 Å². The second kappa shape index (κ2) is 6.01. The number of nitrogens with zero attached hydrogens (tertiary/aromatic N) is 1. The van der Waals surface area contributed by atoms with E-state index >= 15 is 0 Å². The minimum absolute atomic E-state index is 0.188. The quantitative estimate of drug-likeness (QED) is 0.819. The Morgan fingerprint density at radius 3 is 2.62 bits per heavy atom. The highest BCUT2D eigenvalue weighted by atomic mass is 16.6. The molecule has 21 heavy (non-hydrogen) atoms. The highest BCUT2D eigenvalue weighted by Gasteiger charge is 2.53. The van der Waals surface area contributed by atoms with Crippen LogP contribution in [0.25, 0.3) is 0 Å². The van der Waals surface area contributed by atoms with Crippen LogP contribution in [0.5, 0.6) is 0 Å². The molecule has 0 aromatic heterocycles.